The van der Waals surface area contributed by atoms with Gasteiger partial charge >= 0.3 is 0 Å². The zero-order valence-electron chi connectivity index (χ0n) is 11.9. The number of nitrogens with zero attached hydrogens (tertiary/aromatic N) is 1. The van der Waals surface area contributed by atoms with Gasteiger partial charge in [-0.15, -0.1) is 0 Å². The van der Waals surface area contributed by atoms with Crippen molar-refractivity contribution in [1.29, 1.82) is 0 Å². The van der Waals surface area contributed by atoms with E-state index in [1.807, 2.05) is 0 Å². The maximum absolute atomic E-state index is 3.66. The number of nitrogens with one attached hydrogen (secondary N) is 1. The highest BCUT2D eigenvalue weighted by atomic mass is 15.2. The van der Waals surface area contributed by atoms with Crippen LogP contribution in [0.1, 0.15) is 46.5 Å². The monoisotopic (exact) mass is 238 g/mol. The minimum absolute atomic E-state index is 0.678. The van der Waals surface area contributed by atoms with E-state index >= 15 is 0 Å². The Morgan fingerprint density at radius 1 is 1.06 bits per heavy atom. The molecule has 0 radical (unpaired) electrons. The van der Waals surface area contributed by atoms with Crippen LogP contribution in [0.2, 0.25) is 0 Å². The van der Waals surface area contributed by atoms with Crippen molar-refractivity contribution < 1.29 is 0 Å². The zero-order chi connectivity index (χ0) is 12.3. The first-order valence-electron chi connectivity index (χ1n) is 7.64. The SMILES string of the molecule is CCNC(CN(CC1CC1)CC1CC1)C(C)C. The summed E-state index contributed by atoms with van der Waals surface area (Å²) >= 11 is 0. The van der Waals surface area contributed by atoms with Crippen LogP contribution in [0.3, 0.4) is 0 Å². The van der Waals surface area contributed by atoms with Crippen molar-refractivity contribution in [2.45, 2.75) is 52.5 Å². The average molecular weight is 238 g/mol. The normalized spacial score (nSPS) is 22.4. The molecule has 1 N–H and O–H groups in total. The first-order valence-corrected chi connectivity index (χ1v) is 7.64. The highest BCUT2D eigenvalue weighted by Gasteiger charge is 2.30. The van der Waals surface area contributed by atoms with Crippen LogP contribution in [-0.2, 0) is 0 Å². The molecule has 0 heterocycles. The summed E-state index contributed by atoms with van der Waals surface area (Å²) in [6.07, 6.45) is 5.92. The summed E-state index contributed by atoms with van der Waals surface area (Å²) in [5.41, 5.74) is 0. The predicted molar refractivity (Wildman–Crippen MR) is 74.2 cm³/mol. The highest BCUT2D eigenvalue weighted by Crippen LogP contribution is 2.33. The molecule has 0 saturated heterocycles. The number of hydrogen-bond acceptors (Lipinski definition) is 2. The maximum atomic E-state index is 3.66. The van der Waals surface area contributed by atoms with Crippen molar-refractivity contribution in [3.8, 4) is 0 Å². The molecule has 0 aromatic heterocycles. The molecule has 2 fully saturated rings. The van der Waals surface area contributed by atoms with Gasteiger partial charge in [-0.3, -0.25) is 0 Å². The third-order valence-corrected chi connectivity index (χ3v) is 4.15. The Balaban J connectivity index is 1.79. The molecule has 0 spiro atoms. The van der Waals surface area contributed by atoms with Crippen LogP contribution in [0.5, 0.6) is 0 Å². The Labute approximate surface area is 107 Å². The van der Waals surface area contributed by atoms with Gasteiger partial charge in [0.25, 0.3) is 0 Å². The Morgan fingerprint density at radius 3 is 1.94 bits per heavy atom. The topological polar surface area (TPSA) is 15.3 Å². The second kappa shape index (κ2) is 6.19. The average Bonchev–Trinajstić information content (AvgIpc) is 3.12. The van der Waals surface area contributed by atoms with Gasteiger partial charge in [0.2, 0.25) is 0 Å². The Hall–Kier alpha value is -0.0800. The highest BCUT2D eigenvalue weighted by molar-refractivity contribution is 4.85. The molecule has 2 saturated carbocycles. The van der Waals surface area contributed by atoms with E-state index in [0.29, 0.717) is 6.04 Å². The van der Waals surface area contributed by atoms with Crippen molar-refractivity contribution in [3.63, 3.8) is 0 Å². The van der Waals surface area contributed by atoms with Crippen molar-refractivity contribution >= 4 is 0 Å². The first-order chi connectivity index (χ1) is 8.19. The van der Waals surface area contributed by atoms with E-state index < -0.39 is 0 Å². The van der Waals surface area contributed by atoms with Crippen LogP contribution in [0.15, 0.2) is 0 Å². The van der Waals surface area contributed by atoms with Gasteiger partial charge in [-0.25, -0.2) is 0 Å². The fourth-order valence-corrected chi connectivity index (χ4v) is 2.61. The lowest BCUT2D eigenvalue weighted by atomic mass is 10.0. The van der Waals surface area contributed by atoms with Crippen molar-refractivity contribution in [2.24, 2.45) is 17.8 Å². The standard InChI is InChI=1S/C15H30N2/c1-4-16-15(12(2)3)11-17(9-13-5-6-13)10-14-7-8-14/h12-16H,4-11H2,1-3H3. The van der Waals surface area contributed by atoms with E-state index in [0.717, 1.165) is 24.3 Å². The summed E-state index contributed by atoms with van der Waals surface area (Å²) in [5.74, 6) is 2.81. The quantitative estimate of drug-likeness (QED) is 0.664. The van der Waals surface area contributed by atoms with Crippen LogP contribution in [0.4, 0.5) is 0 Å². The van der Waals surface area contributed by atoms with E-state index in [2.05, 4.69) is 31.0 Å². The van der Waals surface area contributed by atoms with E-state index in [-0.39, 0.29) is 0 Å². The molecule has 2 nitrogen and oxygen atoms in total. The summed E-state index contributed by atoms with van der Waals surface area (Å²) in [6.45, 7) is 12.0. The van der Waals surface area contributed by atoms with Crippen LogP contribution < -0.4 is 5.32 Å². The second-order valence-electron chi connectivity index (χ2n) is 6.51. The summed E-state index contributed by atoms with van der Waals surface area (Å²) in [4.78, 5) is 2.75. The fourth-order valence-electron chi connectivity index (χ4n) is 2.61. The zero-order valence-corrected chi connectivity index (χ0v) is 11.9. The molecular formula is C15H30N2. The molecule has 0 aromatic carbocycles. The van der Waals surface area contributed by atoms with E-state index in [4.69, 9.17) is 0 Å². The van der Waals surface area contributed by atoms with Gasteiger partial charge < -0.3 is 10.2 Å². The summed E-state index contributed by atoms with van der Waals surface area (Å²) in [5, 5.41) is 3.66. The molecule has 0 aromatic rings. The van der Waals surface area contributed by atoms with Crippen LogP contribution in [0.25, 0.3) is 0 Å². The molecule has 0 bridgehead atoms. The van der Waals surface area contributed by atoms with Crippen molar-refractivity contribution in [1.82, 2.24) is 10.2 Å². The van der Waals surface area contributed by atoms with E-state index in [9.17, 15) is 0 Å². The second-order valence-corrected chi connectivity index (χ2v) is 6.51. The fraction of sp³-hybridized carbons (Fsp3) is 1.00. The largest absolute Gasteiger partial charge is 0.313 e. The van der Waals surface area contributed by atoms with Gasteiger partial charge in [0.1, 0.15) is 0 Å². The molecule has 17 heavy (non-hydrogen) atoms. The Bertz CT molecular complexity index is 205. The third-order valence-electron chi connectivity index (χ3n) is 4.15. The molecule has 2 heteroatoms. The van der Waals surface area contributed by atoms with Gasteiger partial charge in [0, 0.05) is 25.7 Å². The van der Waals surface area contributed by atoms with Gasteiger partial charge in [-0.05, 0) is 50.0 Å². The lowest BCUT2D eigenvalue weighted by Crippen LogP contribution is -2.45. The summed E-state index contributed by atoms with van der Waals surface area (Å²) in [7, 11) is 0. The molecular weight excluding hydrogens is 208 g/mol. The molecule has 2 aliphatic carbocycles. The molecule has 2 aliphatic rings. The molecule has 100 valence electrons. The summed E-state index contributed by atoms with van der Waals surface area (Å²) < 4.78 is 0. The molecule has 0 amide bonds. The number of likely N-dealkylation sites (N-methyl/N-ethyl adjacent to an activating group) is 1. The Morgan fingerprint density at radius 2 is 1.59 bits per heavy atom. The lowest BCUT2D eigenvalue weighted by molar-refractivity contribution is 0.204. The minimum Gasteiger partial charge on any atom is -0.313 e. The van der Waals surface area contributed by atoms with Crippen LogP contribution in [-0.4, -0.2) is 37.1 Å². The molecule has 1 atom stereocenters. The third kappa shape index (κ3) is 4.97. The number of rotatable bonds is 9. The molecule has 0 aliphatic heterocycles. The minimum atomic E-state index is 0.678. The molecule has 2 rings (SSSR count). The smallest absolute Gasteiger partial charge is 0.0217 e. The summed E-state index contributed by atoms with van der Waals surface area (Å²) in [6, 6.07) is 0.678. The lowest BCUT2D eigenvalue weighted by Gasteiger charge is -2.30. The van der Waals surface area contributed by atoms with E-state index in [1.165, 1.54) is 45.3 Å². The maximum Gasteiger partial charge on any atom is 0.0217 e. The molecule has 1 unspecified atom stereocenters. The predicted octanol–water partition coefficient (Wildman–Crippen LogP) is 2.74. The van der Waals surface area contributed by atoms with Gasteiger partial charge in [0.15, 0.2) is 0 Å². The number of hydrogen-bond donors (Lipinski definition) is 1. The van der Waals surface area contributed by atoms with Crippen LogP contribution in [0, 0.1) is 17.8 Å². The van der Waals surface area contributed by atoms with Gasteiger partial charge in [-0.2, -0.15) is 0 Å². The van der Waals surface area contributed by atoms with E-state index in [1.54, 1.807) is 0 Å². The van der Waals surface area contributed by atoms with Crippen molar-refractivity contribution in [3.05, 3.63) is 0 Å². The van der Waals surface area contributed by atoms with Crippen LogP contribution >= 0.6 is 0 Å². The van der Waals surface area contributed by atoms with Crippen molar-refractivity contribution in [2.75, 3.05) is 26.2 Å². The van der Waals surface area contributed by atoms with Gasteiger partial charge in [0.05, 0.1) is 0 Å². The first kappa shape index (κ1) is 13.4. The Kier molecular flexibility index (Phi) is 4.87. The van der Waals surface area contributed by atoms with Gasteiger partial charge in [-0.1, -0.05) is 20.8 Å².